The Morgan fingerprint density at radius 3 is 1.19 bits per heavy atom. The number of hydrogen-bond acceptors (Lipinski definition) is 3. The molecule has 0 atom stereocenters. The maximum Gasteiger partial charge on any atom is 0.164 e. The van der Waals surface area contributed by atoms with E-state index in [1.807, 2.05) is 60.7 Å². The van der Waals surface area contributed by atoms with Crippen LogP contribution in [-0.4, -0.2) is 23.9 Å². The van der Waals surface area contributed by atoms with E-state index in [1.165, 1.54) is 98.6 Å². The molecule has 0 fully saturated rings. The van der Waals surface area contributed by atoms with Gasteiger partial charge in [-0.2, -0.15) is 0 Å². The summed E-state index contributed by atoms with van der Waals surface area (Å²) in [6, 6.07) is 98.5. The average molecular weight is 992 g/mol. The summed E-state index contributed by atoms with van der Waals surface area (Å²) in [5.41, 5.74) is 19.4. The van der Waals surface area contributed by atoms with E-state index in [1.54, 1.807) is 0 Å². The van der Waals surface area contributed by atoms with Gasteiger partial charge in [0.2, 0.25) is 0 Å². The Morgan fingerprint density at radius 2 is 0.615 bits per heavy atom. The van der Waals surface area contributed by atoms with Crippen LogP contribution in [0.4, 0.5) is 0 Å². The molecule has 5 heteroatoms. The van der Waals surface area contributed by atoms with E-state index in [2.05, 4.69) is 221 Å². The largest absolute Gasteiger partial charge is 0.309 e. The van der Waals surface area contributed by atoms with E-state index in [0.29, 0.717) is 17.5 Å². The Labute approximate surface area is 449 Å². The number of nitrogens with zero attached hydrogens (tertiary/aromatic N) is 5. The van der Waals surface area contributed by atoms with E-state index in [0.717, 1.165) is 39.0 Å². The van der Waals surface area contributed by atoms with Crippen LogP contribution in [0.25, 0.3) is 155 Å². The number of fused-ring (bicyclic) bond motifs is 10. The Morgan fingerprint density at radius 1 is 0.218 bits per heavy atom. The topological polar surface area (TPSA) is 48.0 Å². The third-order valence-electron chi connectivity index (χ3n) is 15.9. The standard InChI is InChI=1S/C73H45N5/c1-3-18-46(19-4-1)71-74-72(47-20-5-2-6-21-47)76-73(75-71)53-26-17-27-55(42-53)77-66-33-12-9-30-60(66)63-43-50(36-39-69(63)77)48-22-15-24-51(40-48)56-37-38-57(59-29-8-7-28-58(56)59)52-25-16-23-49(41-52)54-44-64-61-31-10-13-34-67(61)78-68-35-14-11-32-62(68)65(45-54)70(64)78/h1-45H. The predicted octanol–water partition coefficient (Wildman–Crippen LogP) is 18.9. The molecular formula is C73H45N5. The Hall–Kier alpha value is -10.5. The van der Waals surface area contributed by atoms with Crippen molar-refractivity contribution in [2.24, 2.45) is 0 Å². The van der Waals surface area contributed by atoms with Crippen molar-refractivity contribution in [3.63, 3.8) is 0 Å². The summed E-state index contributed by atoms with van der Waals surface area (Å²) < 4.78 is 4.81. The van der Waals surface area contributed by atoms with Gasteiger partial charge in [0.25, 0.3) is 0 Å². The first-order chi connectivity index (χ1) is 38.7. The SMILES string of the molecule is c1ccc(-c2nc(-c3ccccc3)nc(-c3cccc(-n4c5ccccc5c5cc(-c6cccc(-c7ccc(-c8cccc(-c9cc%10c%11ccccc%11n%11c%12ccccc%12c(c9)c%10%11)c8)c8ccccc78)c6)ccc54)c3)n2)cc1. The lowest BCUT2D eigenvalue weighted by Gasteiger charge is -2.14. The molecule has 0 saturated heterocycles. The molecule has 16 rings (SSSR count). The second kappa shape index (κ2) is 17.6. The molecule has 78 heavy (non-hydrogen) atoms. The number of aromatic nitrogens is 5. The first kappa shape index (κ1) is 43.9. The molecule has 16 aromatic rings. The van der Waals surface area contributed by atoms with Gasteiger partial charge in [-0.05, 0) is 122 Å². The van der Waals surface area contributed by atoms with Crippen LogP contribution >= 0.6 is 0 Å². The van der Waals surface area contributed by atoms with Crippen LogP contribution in [0.2, 0.25) is 0 Å². The third-order valence-corrected chi connectivity index (χ3v) is 15.9. The normalized spacial score (nSPS) is 11.8. The van der Waals surface area contributed by atoms with Crippen LogP contribution in [0.15, 0.2) is 273 Å². The maximum absolute atomic E-state index is 5.06. The molecule has 0 aliphatic carbocycles. The number of benzene rings is 12. The lowest BCUT2D eigenvalue weighted by molar-refractivity contribution is 1.07. The van der Waals surface area contributed by atoms with Gasteiger partial charge in [-0.25, -0.2) is 15.0 Å². The van der Waals surface area contributed by atoms with Gasteiger partial charge in [0.1, 0.15) is 0 Å². The zero-order valence-corrected chi connectivity index (χ0v) is 42.2. The molecular weight excluding hydrogens is 947 g/mol. The molecule has 0 unspecified atom stereocenters. The second-order valence-corrected chi connectivity index (χ2v) is 20.3. The highest BCUT2D eigenvalue weighted by molar-refractivity contribution is 6.24. The van der Waals surface area contributed by atoms with Crippen LogP contribution in [0.5, 0.6) is 0 Å². The molecule has 0 aliphatic heterocycles. The van der Waals surface area contributed by atoms with Crippen molar-refractivity contribution >= 4 is 70.7 Å². The van der Waals surface area contributed by atoms with Crippen molar-refractivity contribution in [2.45, 2.75) is 0 Å². The van der Waals surface area contributed by atoms with E-state index >= 15 is 0 Å². The van der Waals surface area contributed by atoms with Crippen LogP contribution < -0.4 is 0 Å². The van der Waals surface area contributed by atoms with Crippen molar-refractivity contribution < 1.29 is 0 Å². The van der Waals surface area contributed by atoms with E-state index in [4.69, 9.17) is 15.0 Å². The number of hydrogen-bond donors (Lipinski definition) is 0. The summed E-state index contributed by atoms with van der Waals surface area (Å²) in [5, 5.41) is 9.98. The van der Waals surface area contributed by atoms with Gasteiger partial charge in [-0.15, -0.1) is 0 Å². The Bertz CT molecular complexity index is 4890. The van der Waals surface area contributed by atoms with Crippen LogP contribution in [0.3, 0.4) is 0 Å². The highest BCUT2D eigenvalue weighted by atomic mass is 15.0. The highest BCUT2D eigenvalue weighted by Crippen LogP contribution is 2.44. The fourth-order valence-electron chi connectivity index (χ4n) is 12.3. The van der Waals surface area contributed by atoms with Gasteiger partial charge in [0.15, 0.2) is 17.5 Å². The second-order valence-electron chi connectivity index (χ2n) is 20.3. The minimum Gasteiger partial charge on any atom is -0.309 e. The maximum atomic E-state index is 5.06. The van der Waals surface area contributed by atoms with Crippen molar-refractivity contribution in [3.8, 4) is 84.4 Å². The lowest BCUT2D eigenvalue weighted by atomic mass is 9.90. The average Bonchev–Trinajstić information content (AvgIpc) is 3.95. The fourth-order valence-corrected chi connectivity index (χ4v) is 12.3. The quantitative estimate of drug-likeness (QED) is 0.152. The summed E-state index contributed by atoms with van der Waals surface area (Å²) >= 11 is 0. The van der Waals surface area contributed by atoms with Gasteiger partial charge >= 0.3 is 0 Å². The zero-order valence-electron chi connectivity index (χ0n) is 42.2. The Balaban J connectivity index is 0.760. The molecule has 362 valence electrons. The van der Waals surface area contributed by atoms with Crippen molar-refractivity contribution in [2.75, 3.05) is 0 Å². The molecule has 0 N–H and O–H groups in total. The van der Waals surface area contributed by atoms with Crippen molar-refractivity contribution in [1.82, 2.24) is 23.9 Å². The molecule has 12 aromatic carbocycles. The zero-order chi connectivity index (χ0) is 51.3. The third kappa shape index (κ3) is 6.99. The first-order valence-electron chi connectivity index (χ1n) is 26.6. The molecule has 0 radical (unpaired) electrons. The molecule has 0 amide bonds. The van der Waals surface area contributed by atoms with Gasteiger partial charge in [-0.3, -0.25) is 0 Å². The van der Waals surface area contributed by atoms with Gasteiger partial charge in [0, 0.05) is 54.7 Å². The van der Waals surface area contributed by atoms with Gasteiger partial charge in [-0.1, -0.05) is 206 Å². The van der Waals surface area contributed by atoms with Crippen LogP contribution in [0.1, 0.15) is 0 Å². The molecule has 4 aromatic heterocycles. The van der Waals surface area contributed by atoms with Gasteiger partial charge < -0.3 is 8.97 Å². The molecule has 0 spiro atoms. The van der Waals surface area contributed by atoms with Gasteiger partial charge in [0.05, 0.1) is 27.6 Å². The molecule has 0 bridgehead atoms. The summed E-state index contributed by atoms with van der Waals surface area (Å²) in [4.78, 5) is 15.1. The predicted molar refractivity (Wildman–Crippen MR) is 324 cm³/mol. The van der Waals surface area contributed by atoms with Crippen molar-refractivity contribution in [1.29, 1.82) is 0 Å². The van der Waals surface area contributed by atoms with Crippen LogP contribution in [0, 0.1) is 0 Å². The fraction of sp³-hybridized carbons (Fsp3) is 0. The first-order valence-corrected chi connectivity index (χ1v) is 26.6. The number of para-hydroxylation sites is 3. The summed E-state index contributed by atoms with van der Waals surface area (Å²) in [5.74, 6) is 1.90. The van der Waals surface area contributed by atoms with E-state index < -0.39 is 0 Å². The number of rotatable bonds is 8. The minimum atomic E-state index is 0.624. The lowest BCUT2D eigenvalue weighted by Crippen LogP contribution is -2.01. The Kier molecular flexibility index (Phi) is 9.87. The van der Waals surface area contributed by atoms with Crippen LogP contribution in [-0.2, 0) is 0 Å². The monoisotopic (exact) mass is 991 g/mol. The molecule has 0 aliphatic rings. The molecule has 5 nitrogen and oxygen atoms in total. The van der Waals surface area contributed by atoms with E-state index in [-0.39, 0.29) is 0 Å². The minimum absolute atomic E-state index is 0.624. The summed E-state index contributed by atoms with van der Waals surface area (Å²) in [6.07, 6.45) is 0. The molecule has 4 heterocycles. The summed E-state index contributed by atoms with van der Waals surface area (Å²) in [6.45, 7) is 0. The molecule has 0 saturated carbocycles. The smallest absolute Gasteiger partial charge is 0.164 e. The van der Waals surface area contributed by atoms with E-state index in [9.17, 15) is 0 Å². The summed E-state index contributed by atoms with van der Waals surface area (Å²) in [7, 11) is 0. The van der Waals surface area contributed by atoms with Crippen molar-refractivity contribution in [3.05, 3.63) is 273 Å². The highest BCUT2D eigenvalue weighted by Gasteiger charge is 2.21.